The first-order chi connectivity index (χ1) is 11.2. The van der Waals surface area contributed by atoms with Crippen LogP contribution >= 0.6 is 0 Å². The number of aliphatic carboxylic acids is 1. The van der Waals surface area contributed by atoms with Crippen LogP contribution in [0.4, 0.5) is 0 Å². The third-order valence-electron chi connectivity index (χ3n) is 3.53. The molecule has 7 nitrogen and oxygen atoms in total. The third kappa shape index (κ3) is 6.29. The van der Waals surface area contributed by atoms with Gasteiger partial charge in [0, 0.05) is 24.7 Å². The molecule has 1 aromatic rings. The Bertz CT molecular complexity index is 668. The number of benzene rings is 1. The Morgan fingerprint density at radius 3 is 2.25 bits per heavy atom. The Morgan fingerprint density at radius 2 is 1.79 bits per heavy atom. The molecule has 2 N–H and O–H groups in total. The molecular weight excluding hydrogens is 332 g/mol. The lowest BCUT2D eigenvalue weighted by atomic mass is 10.1. The smallest absolute Gasteiger partial charge is 0.305 e. The number of sulfonamides is 1. The molecule has 0 unspecified atom stereocenters. The Hall–Kier alpha value is -1.93. The van der Waals surface area contributed by atoms with Gasteiger partial charge in [0.15, 0.2) is 0 Å². The Labute approximate surface area is 142 Å². The molecule has 0 spiro atoms. The maximum Gasteiger partial charge on any atom is 0.305 e. The third-order valence-corrected chi connectivity index (χ3v) is 4.87. The van der Waals surface area contributed by atoms with Gasteiger partial charge in [-0.2, -0.15) is 0 Å². The molecule has 134 valence electrons. The summed E-state index contributed by atoms with van der Waals surface area (Å²) in [5.74, 6) is -1.19. The predicted octanol–water partition coefficient (Wildman–Crippen LogP) is 1.45. The van der Waals surface area contributed by atoms with E-state index in [0.717, 1.165) is 5.56 Å². The molecule has 0 fully saturated rings. The number of carboxylic acid groups (broad SMARTS) is 1. The molecule has 0 aliphatic carbocycles. The van der Waals surface area contributed by atoms with Crippen molar-refractivity contribution in [2.75, 3.05) is 12.3 Å². The Kier molecular flexibility index (Phi) is 7.37. The van der Waals surface area contributed by atoms with Gasteiger partial charge >= 0.3 is 5.97 Å². The van der Waals surface area contributed by atoms with E-state index in [1.807, 2.05) is 13.8 Å². The van der Waals surface area contributed by atoms with Crippen molar-refractivity contribution >= 4 is 21.9 Å². The first-order valence-electron chi connectivity index (χ1n) is 7.75. The number of rotatable bonds is 9. The van der Waals surface area contributed by atoms with Gasteiger partial charge in [-0.25, -0.2) is 13.1 Å². The summed E-state index contributed by atoms with van der Waals surface area (Å²) < 4.78 is 25.3. The van der Waals surface area contributed by atoms with E-state index in [2.05, 4.69) is 4.72 Å². The summed E-state index contributed by atoms with van der Waals surface area (Å²) in [5, 5.41) is 8.78. The average molecular weight is 356 g/mol. The van der Waals surface area contributed by atoms with Gasteiger partial charge in [0.2, 0.25) is 10.0 Å². The van der Waals surface area contributed by atoms with E-state index in [1.54, 1.807) is 31.2 Å². The highest BCUT2D eigenvalue weighted by atomic mass is 32.2. The molecule has 0 heterocycles. The highest BCUT2D eigenvalue weighted by Gasteiger charge is 2.19. The van der Waals surface area contributed by atoms with Crippen LogP contribution in [0.15, 0.2) is 24.3 Å². The first kappa shape index (κ1) is 20.1. The zero-order valence-electron chi connectivity index (χ0n) is 14.2. The molecule has 0 saturated heterocycles. The monoisotopic (exact) mass is 356 g/mol. The molecule has 0 radical (unpaired) electrons. The van der Waals surface area contributed by atoms with Crippen LogP contribution in [-0.2, 0) is 21.4 Å². The van der Waals surface area contributed by atoms with Gasteiger partial charge in [-0.15, -0.1) is 0 Å². The summed E-state index contributed by atoms with van der Waals surface area (Å²) in [6.07, 6.45) is -0.110. The molecule has 24 heavy (non-hydrogen) atoms. The molecule has 1 aromatic carbocycles. The maximum absolute atomic E-state index is 12.5. The van der Waals surface area contributed by atoms with Crippen molar-refractivity contribution in [2.45, 2.75) is 39.8 Å². The summed E-state index contributed by atoms with van der Waals surface area (Å²) in [5.41, 5.74) is 1.18. The van der Waals surface area contributed by atoms with E-state index >= 15 is 0 Å². The minimum Gasteiger partial charge on any atom is -0.481 e. The normalized spacial score (nSPS) is 11.5. The summed E-state index contributed by atoms with van der Waals surface area (Å²) in [4.78, 5) is 24.7. The minimum absolute atomic E-state index is 0.0104. The SMILES string of the molecule is CCS(=O)(=O)NCc1ccc(C(=O)N(CCC(=O)O)C(C)C)cc1. The van der Waals surface area contributed by atoms with Gasteiger partial charge in [-0.1, -0.05) is 12.1 Å². The lowest BCUT2D eigenvalue weighted by Gasteiger charge is -2.26. The standard InChI is InChI=1S/C16H24N2O5S/c1-4-24(22,23)17-11-13-5-7-14(8-6-13)16(21)18(12(2)3)10-9-15(19)20/h5-8,12,17H,4,9-11H2,1-3H3,(H,19,20). The summed E-state index contributed by atoms with van der Waals surface area (Å²) in [6.45, 7) is 5.52. The first-order valence-corrected chi connectivity index (χ1v) is 9.40. The molecule has 0 bridgehead atoms. The van der Waals surface area contributed by atoms with E-state index in [9.17, 15) is 18.0 Å². The number of carboxylic acids is 1. The molecule has 0 aliphatic rings. The fourth-order valence-electron chi connectivity index (χ4n) is 2.04. The highest BCUT2D eigenvalue weighted by molar-refractivity contribution is 7.89. The fraction of sp³-hybridized carbons (Fsp3) is 0.500. The van der Waals surface area contributed by atoms with Crippen LogP contribution in [0.5, 0.6) is 0 Å². The number of nitrogens with one attached hydrogen (secondary N) is 1. The number of nitrogens with zero attached hydrogens (tertiary/aromatic N) is 1. The lowest BCUT2D eigenvalue weighted by molar-refractivity contribution is -0.137. The van der Waals surface area contributed by atoms with Crippen LogP contribution in [0.25, 0.3) is 0 Å². The minimum atomic E-state index is -3.27. The van der Waals surface area contributed by atoms with Crippen LogP contribution in [0.2, 0.25) is 0 Å². The van der Waals surface area contributed by atoms with E-state index < -0.39 is 16.0 Å². The molecule has 0 atom stereocenters. The molecule has 0 aromatic heterocycles. The second kappa shape index (κ2) is 8.79. The van der Waals surface area contributed by atoms with Crippen molar-refractivity contribution in [1.29, 1.82) is 0 Å². The van der Waals surface area contributed by atoms with Crippen LogP contribution in [0.1, 0.15) is 43.1 Å². The van der Waals surface area contributed by atoms with Crippen LogP contribution < -0.4 is 4.72 Å². The second-order valence-corrected chi connectivity index (χ2v) is 7.75. The van der Waals surface area contributed by atoms with Crippen LogP contribution in [0.3, 0.4) is 0 Å². The Morgan fingerprint density at radius 1 is 1.21 bits per heavy atom. The van der Waals surface area contributed by atoms with Gasteiger partial charge in [-0.3, -0.25) is 9.59 Å². The van der Waals surface area contributed by atoms with Gasteiger partial charge < -0.3 is 10.0 Å². The highest BCUT2D eigenvalue weighted by Crippen LogP contribution is 2.11. The maximum atomic E-state index is 12.5. The van der Waals surface area contributed by atoms with E-state index in [0.29, 0.717) is 5.56 Å². The quantitative estimate of drug-likeness (QED) is 0.697. The molecule has 8 heteroatoms. The van der Waals surface area contributed by atoms with Crippen molar-refractivity contribution in [2.24, 2.45) is 0 Å². The molecule has 1 rings (SSSR count). The number of carbonyl (C=O) groups is 2. The molecular formula is C16H24N2O5S. The number of hydrogen-bond acceptors (Lipinski definition) is 4. The topological polar surface area (TPSA) is 104 Å². The largest absolute Gasteiger partial charge is 0.481 e. The molecule has 0 saturated carbocycles. The summed E-state index contributed by atoms with van der Waals surface area (Å²) >= 11 is 0. The van der Waals surface area contributed by atoms with Crippen LogP contribution in [0, 0.1) is 0 Å². The number of amides is 1. The van der Waals surface area contributed by atoms with Crippen molar-refractivity contribution in [3.63, 3.8) is 0 Å². The molecule has 0 aliphatic heterocycles. The van der Waals surface area contributed by atoms with Crippen LogP contribution in [-0.4, -0.2) is 48.6 Å². The predicted molar refractivity (Wildman–Crippen MR) is 91.2 cm³/mol. The van der Waals surface area contributed by atoms with E-state index in [1.165, 1.54) is 4.90 Å². The lowest BCUT2D eigenvalue weighted by Crippen LogP contribution is -2.38. The number of hydrogen-bond donors (Lipinski definition) is 2. The van der Waals surface area contributed by atoms with Crippen molar-refractivity contribution < 1.29 is 23.1 Å². The average Bonchev–Trinajstić information content (AvgIpc) is 2.53. The zero-order valence-corrected chi connectivity index (χ0v) is 15.0. The molecule has 1 amide bonds. The second-order valence-electron chi connectivity index (χ2n) is 5.66. The van der Waals surface area contributed by atoms with Gasteiger partial charge in [0.25, 0.3) is 5.91 Å². The van der Waals surface area contributed by atoms with E-state index in [4.69, 9.17) is 5.11 Å². The Balaban J connectivity index is 2.78. The van der Waals surface area contributed by atoms with Crippen molar-refractivity contribution in [3.05, 3.63) is 35.4 Å². The fourth-order valence-corrected chi connectivity index (χ4v) is 2.63. The summed E-state index contributed by atoms with van der Waals surface area (Å²) in [6, 6.07) is 6.48. The van der Waals surface area contributed by atoms with Crippen molar-refractivity contribution in [3.8, 4) is 0 Å². The van der Waals surface area contributed by atoms with E-state index in [-0.39, 0.29) is 37.2 Å². The summed E-state index contributed by atoms with van der Waals surface area (Å²) in [7, 11) is -3.27. The number of carbonyl (C=O) groups excluding carboxylic acids is 1. The van der Waals surface area contributed by atoms with Gasteiger partial charge in [0.1, 0.15) is 0 Å². The zero-order chi connectivity index (χ0) is 18.3. The van der Waals surface area contributed by atoms with Gasteiger partial charge in [0.05, 0.1) is 12.2 Å². The van der Waals surface area contributed by atoms with Crippen molar-refractivity contribution in [1.82, 2.24) is 9.62 Å². The van der Waals surface area contributed by atoms with Gasteiger partial charge in [-0.05, 0) is 38.5 Å².